The van der Waals surface area contributed by atoms with Crippen molar-refractivity contribution >= 4 is 57.0 Å². The standard InChI is InChI=1S/C27H26BrClN2O3S/c1-3-17-7-11-21(12-8-17)30-27-31-26(32)24(35-27)15-19-13-22(29)25(23(14-19)33-4-2)34-16-18-5-9-20(28)10-6-18/h5-15,27,30H,3-4,16H2,1-2H3,(H,31,32)/b24-15-/t27-/m0/s1. The number of aryl methyl sites for hydroxylation is 1. The summed E-state index contributed by atoms with van der Waals surface area (Å²) in [7, 11) is 0. The molecule has 0 spiro atoms. The maximum Gasteiger partial charge on any atom is 0.260 e. The number of halogens is 2. The van der Waals surface area contributed by atoms with E-state index in [1.54, 1.807) is 6.07 Å². The van der Waals surface area contributed by atoms with E-state index in [4.69, 9.17) is 21.1 Å². The van der Waals surface area contributed by atoms with Gasteiger partial charge in [0.2, 0.25) is 0 Å². The number of anilines is 1. The Hall–Kier alpha value is -2.61. The number of ether oxygens (including phenoxy) is 2. The lowest BCUT2D eigenvalue weighted by atomic mass is 10.1. The number of carbonyl (C=O) groups is 1. The molecule has 1 fully saturated rings. The van der Waals surface area contributed by atoms with E-state index in [0.717, 1.165) is 27.7 Å². The predicted octanol–water partition coefficient (Wildman–Crippen LogP) is 7.24. The van der Waals surface area contributed by atoms with E-state index >= 15 is 0 Å². The Balaban J connectivity index is 1.48. The molecule has 182 valence electrons. The van der Waals surface area contributed by atoms with Crippen LogP contribution in [0.15, 0.2) is 70.0 Å². The van der Waals surface area contributed by atoms with Gasteiger partial charge in [0.15, 0.2) is 17.0 Å². The average molecular weight is 574 g/mol. The van der Waals surface area contributed by atoms with Crippen LogP contribution in [0.25, 0.3) is 6.08 Å². The van der Waals surface area contributed by atoms with Gasteiger partial charge in [-0.2, -0.15) is 0 Å². The Bertz CT molecular complexity index is 1220. The summed E-state index contributed by atoms with van der Waals surface area (Å²) < 4.78 is 12.8. The van der Waals surface area contributed by atoms with Gasteiger partial charge in [-0.25, -0.2) is 0 Å². The zero-order valence-corrected chi connectivity index (χ0v) is 22.6. The van der Waals surface area contributed by atoms with Gasteiger partial charge in [-0.15, -0.1) is 0 Å². The third-order valence-electron chi connectivity index (χ3n) is 5.32. The van der Waals surface area contributed by atoms with Crippen molar-refractivity contribution in [1.82, 2.24) is 5.32 Å². The SMILES string of the molecule is CCOc1cc(/C=C2\S[C@@H](Nc3ccc(CC)cc3)NC2=O)cc(Cl)c1OCc1ccc(Br)cc1. The summed E-state index contributed by atoms with van der Waals surface area (Å²) >= 11 is 11.4. The van der Waals surface area contributed by atoms with Crippen LogP contribution in [0.1, 0.15) is 30.5 Å². The Morgan fingerprint density at radius 2 is 1.77 bits per heavy atom. The molecule has 8 heteroatoms. The first-order chi connectivity index (χ1) is 16.9. The number of nitrogens with one attached hydrogen (secondary N) is 2. The Kier molecular flexibility index (Phi) is 8.65. The van der Waals surface area contributed by atoms with Crippen molar-refractivity contribution in [2.75, 3.05) is 11.9 Å². The molecular formula is C27H26BrClN2O3S. The first kappa shape index (κ1) is 25.5. The molecule has 3 aromatic rings. The fraction of sp³-hybridized carbons (Fsp3) is 0.222. The smallest absolute Gasteiger partial charge is 0.260 e. The second-order valence-electron chi connectivity index (χ2n) is 7.85. The van der Waals surface area contributed by atoms with Crippen LogP contribution in [-0.4, -0.2) is 18.0 Å². The van der Waals surface area contributed by atoms with Gasteiger partial charge >= 0.3 is 0 Å². The molecule has 0 aliphatic carbocycles. The summed E-state index contributed by atoms with van der Waals surface area (Å²) in [5.41, 5.74) is 3.75. The van der Waals surface area contributed by atoms with Crippen molar-refractivity contribution < 1.29 is 14.3 Å². The van der Waals surface area contributed by atoms with Crippen molar-refractivity contribution in [3.63, 3.8) is 0 Å². The summed E-state index contributed by atoms with van der Waals surface area (Å²) in [5.74, 6) is 0.887. The lowest BCUT2D eigenvalue weighted by Crippen LogP contribution is -2.30. The van der Waals surface area contributed by atoms with Crippen molar-refractivity contribution in [1.29, 1.82) is 0 Å². The molecule has 1 heterocycles. The van der Waals surface area contributed by atoms with Crippen molar-refractivity contribution in [3.05, 3.63) is 91.8 Å². The molecule has 1 aliphatic heterocycles. The third kappa shape index (κ3) is 6.75. The molecule has 4 rings (SSSR count). The third-order valence-corrected chi connectivity index (χ3v) is 7.15. The van der Waals surface area contributed by atoms with E-state index in [1.165, 1.54) is 17.3 Å². The molecule has 0 bridgehead atoms. The molecule has 3 aromatic carbocycles. The molecule has 1 amide bonds. The summed E-state index contributed by atoms with van der Waals surface area (Å²) in [6.45, 7) is 4.85. The predicted molar refractivity (Wildman–Crippen MR) is 148 cm³/mol. The Morgan fingerprint density at radius 3 is 2.46 bits per heavy atom. The minimum atomic E-state index is -0.253. The fourth-order valence-electron chi connectivity index (χ4n) is 3.52. The quantitative estimate of drug-likeness (QED) is 0.264. The van der Waals surface area contributed by atoms with E-state index in [1.807, 2.05) is 55.5 Å². The second-order valence-corrected chi connectivity index (χ2v) is 10.3. The topological polar surface area (TPSA) is 59.6 Å². The highest BCUT2D eigenvalue weighted by atomic mass is 79.9. The number of thioether (sulfide) groups is 1. The number of amides is 1. The van der Waals surface area contributed by atoms with Crippen LogP contribution in [0.5, 0.6) is 11.5 Å². The molecule has 0 aromatic heterocycles. The maximum absolute atomic E-state index is 12.6. The molecule has 1 atom stereocenters. The number of carbonyl (C=O) groups excluding carboxylic acids is 1. The van der Waals surface area contributed by atoms with Crippen LogP contribution in [0.3, 0.4) is 0 Å². The van der Waals surface area contributed by atoms with Crippen molar-refractivity contribution in [2.45, 2.75) is 32.4 Å². The first-order valence-electron chi connectivity index (χ1n) is 11.3. The normalized spacial score (nSPS) is 16.3. The lowest BCUT2D eigenvalue weighted by Gasteiger charge is -2.15. The van der Waals surface area contributed by atoms with Crippen LogP contribution in [0, 0.1) is 0 Å². The summed E-state index contributed by atoms with van der Waals surface area (Å²) in [6, 6.07) is 19.7. The van der Waals surface area contributed by atoms with Gasteiger partial charge in [0.05, 0.1) is 16.5 Å². The van der Waals surface area contributed by atoms with E-state index < -0.39 is 0 Å². The number of rotatable bonds is 9. The Morgan fingerprint density at radius 1 is 1.06 bits per heavy atom. The van der Waals surface area contributed by atoms with Gasteiger partial charge in [0.25, 0.3) is 5.91 Å². The largest absolute Gasteiger partial charge is 0.490 e. The van der Waals surface area contributed by atoms with Crippen LogP contribution < -0.4 is 20.1 Å². The van der Waals surface area contributed by atoms with Gasteiger partial charge in [0.1, 0.15) is 6.61 Å². The van der Waals surface area contributed by atoms with Crippen LogP contribution >= 0.6 is 39.3 Å². The minimum absolute atomic E-state index is 0.137. The molecule has 0 radical (unpaired) electrons. The van der Waals surface area contributed by atoms with E-state index in [-0.39, 0.29) is 11.4 Å². The summed E-state index contributed by atoms with van der Waals surface area (Å²) in [5, 5.41) is 6.73. The highest BCUT2D eigenvalue weighted by Crippen LogP contribution is 2.39. The summed E-state index contributed by atoms with van der Waals surface area (Å²) in [6.07, 6.45) is 2.80. The van der Waals surface area contributed by atoms with Crippen molar-refractivity contribution in [2.24, 2.45) is 0 Å². The number of benzene rings is 3. The van der Waals surface area contributed by atoms with Crippen LogP contribution in [0.2, 0.25) is 5.02 Å². The molecule has 1 saturated heterocycles. The van der Waals surface area contributed by atoms with Gasteiger partial charge in [-0.3, -0.25) is 4.79 Å². The average Bonchev–Trinajstić information content (AvgIpc) is 3.18. The highest BCUT2D eigenvalue weighted by Gasteiger charge is 2.27. The first-order valence-corrected chi connectivity index (χ1v) is 13.4. The van der Waals surface area contributed by atoms with Crippen molar-refractivity contribution in [3.8, 4) is 11.5 Å². The van der Waals surface area contributed by atoms with Gasteiger partial charge < -0.3 is 20.1 Å². The van der Waals surface area contributed by atoms with Crippen LogP contribution in [0.4, 0.5) is 5.69 Å². The molecular weight excluding hydrogens is 548 g/mol. The zero-order chi connectivity index (χ0) is 24.8. The van der Waals surface area contributed by atoms with E-state index in [0.29, 0.717) is 34.6 Å². The van der Waals surface area contributed by atoms with Gasteiger partial charge in [-0.05, 0) is 72.5 Å². The zero-order valence-electron chi connectivity index (χ0n) is 19.4. The monoisotopic (exact) mass is 572 g/mol. The maximum atomic E-state index is 12.6. The molecule has 2 N–H and O–H groups in total. The molecule has 0 unspecified atom stereocenters. The van der Waals surface area contributed by atoms with E-state index in [9.17, 15) is 4.79 Å². The molecule has 0 saturated carbocycles. The highest BCUT2D eigenvalue weighted by molar-refractivity contribution is 9.10. The molecule has 1 aliphatic rings. The molecule has 35 heavy (non-hydrogen) atoms. The fourth-order valence-corrected chi connectivity index (χ4v) is 5.04. The van der Waals surface area contributed by atoms with Gasteiger partial charge in [0, 0.05) is 10.2 Å². The summed E-state index contributed by atoms with van der Waals surface area (Å²) in [4.78, 5) is 13.2. The van der Waals surface area contributed by atoms with Gasteiger partial charge in [-0.1, -0.05) is 70.5 Å². The van der Waals surface area contributed by atoms with E-state index in [2.05, 4.69) is 45.6 Å². The number of hydrogen-bond acceptors (Lipinski definition) is 5. The second kappa shape index (κ2) is 11.9. The number of hydrogen-bond donors (Lipinski definition) is 2. The lowest BCUT2D eigenvalue weighted by molar-refractivity contribution is -0.116. The minimum Gasteiger partial charge on any atom is -0.490 e. The Labute approximate surface area is 223 Å². The molecule has 5 nitrogen and oxygen atoms in total. The van der Waals surface area contributed by atoms with Crippen LogP contribution in [-0.2, 0) is 17.8 Å².